The maximum Gasteiger partial charge on any atom is 0.270 e. The maximum atomic E-state index is 12.9. The second-order valence-electron chi connectivity index (χ2n) is 7.36. The van der Waals surface area contributed by atoms with Crippen LogP contribution in [0.5, 0.6) is 5.75 Å². The monoisotopic (exact) mass is 353 g/mol. The van der Waals surface area contributed by atoms with Crippen molar-refractivity contribution in [3.05, 3.63) is 53.3 Å². The number of nitrogens with zero attached hydrogens (tertiary/aromatic N) is 3. The molecule has 1 saturated heterocycles. The van der Waals surface area contributed by atoms with Gasteiger partial charge in [-0.25, -0.2) is 0 Å². The van der Waals surface area contributed by atoms with Gasteiger partial charge in [0.05, 0.1) is 6.54 Å². The van der Waals surface area contributed by atoms with Gasteiger partial charge < -0.3 is 14.2 Å². The molecule has 4 rings (SSSR count). The van der Waals surface area contributed by atoms with E-state index in [2.05, 4.69) is 23.1 Å². The molecule has 2 aliphatic heterocycles. The van der Waals surface area contributed by atoms with Crippen molar-refractivity contribution in [1.82, 2.24) is 14.4 Å². The minimum Gasteiger partial charge on any atom is -0.491 e. The summed E-state index contributed by atoms with van der Waals surface area (Å²) >= 11 is 0. The number of rotatable bonds is 3. The first-order valence-electron chi connectivity index (χ1n) is 9.58. The first-order valence-corrected chi connectivity index (χ1v) is 9.58. The number of piperidine rings is 1. The van der Waals surface area contributed by atoms with Crippen LogP contribution in [-0.2, 0) is 20.1 Å². The lowest BCUT2D eigenvalue weighted by molar-refractivity contribution is 0.0723. The van der Waals surface area contributed by atoms with E-state index in [0.717, 1.165) is 23.6 Å². The van der Waals surface area contributed by atoms with Crippen molar-refractivity contribution in [2.45, 2.75) is 32.4 Å². The zero-order valence-corrected chi connectivity index (χ0v) is 15.5. The largest absolute Gasteiger partial charge is 0.491 e. The number of carbonyl (C=O) groups is 1. The van der Waals surface area contributed by atoms with Gasteiger partial charge in [0.1, 0.15) is 18.1 Å². The summed E-state index contributed by atoms with van der Waals surface area (Å²) in [6, 6.07) is 10.3. The average Bonchev–Trinajstić information content (AvgIpc) is 2.97. The molecule has 0 radical (unpaired) electrons. The van der Waals surface area contributed by atoms with Crippen LogP contribution in [0.15, 0.2) is 36.5 Å². The molecule has 26 heavy (non-hydrogen) atoms. The van der Waals surface area contributed by atoms with E-state index in [0.29, 0.717) is 19.7 Å². The van der Waals surface area contributed by atoms with Crippen molar-refractivity contribution in [3.63, 3.8) is 0 Å². The van der Waals surface area contributed by atoms with Crippen molar-refractivity contribution in [3.8, 4) is 5.75 Å². The lowest BCUT2D eigenvalue weighted by Gasteiger charge is -2.26. The van der Waals surface area contributed by atoms with Crippen molar-refractivity contribution < 1.29 is 9.53 Å². The zero-order valence-electron chi connectivity index (χ0n) is 15.5. The van der Waals surface area contributed by atoms with Crippen LogP contribution in [0.1, 0.15) is 40.9 Å². The van der Waals surface area contributed by atoms with Gasteiger partial charge in [-0.15, -0.1) is 0 Å². The fourth-order valence-electron chi connectivity index (χ4n) is 3.94. The minimum absolute atomic E-state index is 0.0652. The van der Waals surface area contributed by atoms with Gasteiger partial charge in [-0.2, -0.15) is 0 Å². The number of benzene rings is 1. The zero-order chi connectivity index (χ0) is 17.9. The fraction of sp³-hybridized carbons (Fsp3) is 0.476. The summed E-state index contributed by atoms with van der Waals surface area (Å²) in [5, 5.41) is 0. The van der Waals surface area contributed by atoms with E-state index < -0.39 is 0 Å². The van der Waals surface area contributed by atoms with E-state index in [1.165, 1.54) is 37.9 Å². The molecular weight excluding hydrogens is 326 g/mol. The molecule has 0 N–H and O–H groups in total. The second kappa shape index (κ2) is 7.54. The van der Waals surface area contributed by atoms with E-state index in [9.17, 15) is 4.79 Å². The predicted octanol–water partition coefficient (Wildman–Crippen LogP) is 3.05. The van der Waals surface area contributed by atoms with Gasteiger partial charge in [0.2, 0.25) is 0 Å². The lowest BCUT2D eigenvalue weighted by Crippen LogP contribution is -2.33. The molecule has 0 atom stereocenters. The molecule has 0 saturated carbocycles. The van der Waals surface area contributed by atoms with Crippen LogP contribution in [0, 0.1) is 0 Å². The Morgan fingerprint density at radius 2 is 1.96 bits per heavy atom. The summed E-state index contributed by atoms with van der Waals surface area (Å²) in [5.74, 6) is 0.977. The molecule has 1 fully saturated rings. The maximum absolute atomic E-state index is 12.9. The third-order valence-electron chi connectivity index (χ3n) is 5.41. The Bertz CT molecular complexity index is 777. The normalized spacial score (nSPS) is 18.1. The van der Waals surface area contributed by atoms with Gasteiger partial charge in [0.25, 0.3) is 5.91 Å². The molecule has 0 spiro atoms. The van der Waals surface area contributed by atoms with Crippen molar-refractivity contribution >= 4 is 5.91 Å². The Morgan fingerprint density at radius 3 is 2.73 bits per heavy atom. The van der Waals surface area contributed by atoms with Crippen LogP contribution >= 0.6 is 0 Å². The highest BCUT2D eigenvalue weighted by Gasteiger charge is 2.23. The predicted molar refractivity (Wildman–Crippen MR) is 101 cm³/mol. The van der Waals surface area contributed by atoms with Gasteiger partial charge in [-0.05, 0) is 55.8 Å². The molecule has 0 bridgehead atoms. The number of likely N-dealkylation sites (tertiary alicyclic amines) is 1. The van der Waals surface area contributed by atoms with E-state index in [1.54, 1.807) is 0 Å². The molecule has 0 aliphatic carbocycles. The molecule has 5 nitrogen and oxygen atoms in total. The quantitative estimate of drug-likeness (QED) is 0.851. The van der Waals surface area contributed by atoms with Gasteiger partial charge in [-0.3, -0.25) is 9.69 Å². The summed E-state index contributed by atoms with van der Waals surface area (Å²) < 4.78 is 7.78. The van der Waals surface area contributed by atoms with E-state index in [-0.39, 0.29) is 5.91 Å². The van der Waals surface area contributed by atoms with Gasteiger partial charge in [0.15, 0.2) is 0 Å². The molecule has 2 aliphatic rings. The standard InChI is InChI=1S/C21H27N3O2/c1-22-9-5-6-19(22)21(25)24-12-13-26-20-8-7-17(14-18(20)16-24)15-23-10-3-2-4-11-23/h5-9,14H,2-4,10-13,15-16H2,1H3. The summed E-state index contributed by atoms with van der Waals surface area (Å²) in [7, 11) is 1.91. The molecule has 3 heterocycles. The molecule has 1 aromatic heterocycles. The number of aromatic nitrogens is 1. The summed E-state index contributed by atoms with van der Waals surface area (Å²) in [6.07, 6.45) is 5.86. The molecule has 2 aromatic rings. The van der Waals surface area contributed by atoms with Crippen LogP contribution in [-0.4, -0.2) is 46.5 Å². The van der Waals surface area contributed by atoms with E-state index >= 15 is 0 Å². The number of amides is 1. The number of hydrogen-bond acceptors (Lipinski definition) is 3. The molecule has 1 amide bonds. The van der Waals surface area contributed by atoms with Gasteiger partial charge in [0, 0.05) is 31.9 Å². The van der Waals surface area contributed by atoms with Crippen LogP contribution in [0.3, 0.4) is 0 Å². The van der Waals surface area contributed by atoms with E-state index in [4.69, 9.17) is 4.74 Å². The fourth-order valence-corrected chi connectivity index (χ4v) is 3.94. The Kier molecular flexibility index (Phi) is 4.98. The molecule has 5 heteroatoms. The average molecular weight is 353 g/mol. The first-order chi connectivity index (χ1) is 12.7. The highest BCUT2D eigenvalue weighted by molar-refractivity contribution is 5.92. The van der Waals surface area contributed by atoms with Crippen molar-refractivity contribution in [2.75, 3.05) is 26.2 Å². The van der Waals surface area contributed by atoms with Crippen LogP contribution in [0.25, 0.3) is 0 Å². The summed E-state index contributed by atoms with van der Waals surface area (Å²) in [5.41, 5.74) is 3.14. The highest BCUT2D eigenvalue weighted by atomic mass is 16.5. The van der Waals surface area contributed by atoms with E-state index in [1.807, 2.05) is 34.8 Å². The smallest absolute Gasteiger partial charge is 0.270 e. The van der Waals surface area contributed by atoms with Gasteiger partial charge in [-0.1, -0.05) is 12.5 Å². The Hall–Kier alpha value is -2.27. The number of carbonyl (C=O) groups excluding carboxylic acids is 1. The number of hydrogen-bond donors (Lipinski definition) is 0. The molecule has 138 valence electrons. The van der Waals surface area contributed by atoms with Crippen LogP contribution in [0.4, 0.5) is 0 Å². The number of ether oxygens (including phenoxy) is 1. The summed E-state index contributed by atoms with van der Waals surface area (Å²) in [6.45, 7) is 5.11. The van der Waals surface area contributed by atoms with Crippen LogP contribution in [0.2, 0.25) is 0 Å². The molecule has 1 aromatic carbocycles. The second-order valence-corrected chi connectivity index (χ2v) is 7.36. The van der Waals surface area contributed by atoms with Gasteiger partial charge >= 0.3 is 0 Å². The van der Waals surface area contributed by atoms with Crippen molar-refractivity contribution in [1.29, 1.82) is 0 Å². The lowest BCUT2D eigenvalue weighted by atomic mass is 10.1. The highest BCUT2D eigenvalue weighted by Crippen LogP contribution is 2.26. The Morgan fingerprint density at radius 1 is 1.12 bits per heavy atom. The molecule has 0 unspecified atom stereocenters. The topological polar surface area (TPSA) is 37.7 Å². The third-order valence-corrected chi connectivity index (χ3v) is 5.41. The first kappa shape index (κ1) is 17.2. The Balaban J connectivity index is 1.52. The third kappa shape index (κ3) is 3.63. The minimum atomic E-state index is 0.0652. The summed E-state index contributed by atoms with van der Waals surface area (Å²) in [4.78, 5) is 17.3. The molecular formula is C21H27N3O2. The number of aryl methyl sites for hydroxylation is 1. The number of fused-ring (bicyclic) bond motifs is 1. The SMILES string of the molecule is Cn1cccc1C(=O)N1CCOc2ccc(CN3CCCCC3)cc2C1. The van der Waals surface area contributed by atoms with Crippen molar-refractivity contribution in [2.24, 2.45) is 7.05 Å². The Labute approximate surface area is 155 Å². The van der Waals surface area contributed by atoms with Crippen LogP contribution < -0.4 is 4.74 Å².